The average Bonchev–Trinajstić information content (AvgIpc) is 2.07. The molecule has 0 spiro atoms. The van der Waals surface area contributed by atoms with Gasteiger partial charge >= 0.3 is 0 Å². The molecule has 4 nitrogen and oxygen atoms in total. The smallest absolute Gasteiger partial charge is 0.0818 e. The number of hydrogen-bond acceptors (Lipinski definition) is 5. The van der Waals surface area contributed by atoms with E-state index in [0.29, 0.717) is 11.7 Å². The Kier molecular flexibility index (Phi) is 8.98. The number of ether oxygens (including phenoxy) is 1. The van der Waals surface area contributed by atoms with Gasteiger partial charge in [-0.2, -0.15) is 11.8 Å². The van der Waals surface area contributed by atoms with Crippen molar-refractivity contribution in [2.24, 2.45) is 5.92 Å². The van der Waals surface area contributed by atoms with Gasteiger partial charge in [-0.3, -0.25) is 0 Å². The molecule has 0 atom stereocenters. The van der Waals surface area contributed by atoms with Crippen LogP contribution in [0.15, 0.2) is 0 Å². The summed E-state index contributed by atoms with van der Waals surface area (Å²) in [5.41, 5.74) is 0. The van der Waals surface area contributed by atoms with E-state index in [0.717, 1.165) is 25.4 Å². The van der Waals surface area contributed by atoms with Gasteiger partial charge in [-0.25, -0.2) is 0 Å². The largest absolute Gasteiger partial charge is 0.381 e. The minimum atomic E-state index is -3.28. The van der Waals surface area contributed by atoms with Crippen molar-refractivity contribution < 1.29 is 18.4 Å². The summed E-state index contributed by atoms with van der Waals surface area (Å²) in [6.07, 6.45) is 0.960. The van der Waals surface area contributed by atoms with Crippen LogP contribution < -0.4 is 0 Å². The third-order valence-electron chi connectivity index (χ3n) is 1.53. The summed E-state index contributed by atoms with van der Waals surface area (Å²) in [5, 5.41) is 0. The SMILES string of the molecule is CC(C)COCCCSCCS(O)(O)O. The molecule has 0 aromatic carbocycles. The molecule has 0 bridgehead atoms. The van der Waals surface area contributed by atoms with Gasteiger partial charge in [0, 0.05) is 19.0 Å². The van der Waals surface area contributed by atoms with Gasteiger partial charge in [0.15, 0.2) is 0 Å². The summed E-state index contributed by atoms with van der Waals surface area (Å²) in [7, 11) is -3.28. The maximum Gasteiger partial charge on any atom is 0.0818 e. The molecular formula is C9H22O4S2. The Balaban J connectivity index is 3.06. The molecule has 0 heterocycles. The Morgan fingerprint density at radius 3 is 2.40 bits per heavy atom. The molecule has 3 N–H and O–H groups in total. The van der Waals surface area contributed by atoms with Crippen LogP contribution in [0.1, 0.15) is 20.3 Å². The second-order valence-corrected chi connectivity index (χ2v) is 6.67. The lowest BCUT2D eigenvalue weighted by atomic mass is 10.2. The first-order valence-corrected chi connectivity index (χ1v) is 7.88. The van der Waals surface area contributed by atoms with Crippen molar-refractivity contribution in [1.29, 1.82) is 0 Å². The highest BCUT2D eigenvalue weighted by molar-refractivity contribution is 8.19. The topological polar surface area (TPSA) is 69.9 Å². The van der Waals surface area contributed by atoms with Gasteiger partial charge in [-0.05, 0) is 18.1 Å². The van der Waals surface area contributed by atoms with E-state index in [1.54, 1.807) is 11.8 Å². The van der Waals surface area contributed by atoms with E-state index >= 15 is 0 Å². The Morgan fingerprint density at radius 2 is 1.87 bits per heavy atom. The second-order valence-electron chi connectivity index (χ2n) is 3.77. The molecule has 0 amide bonds. The maximum atomic E-state index is 8.68. The zero-order valence-electron chi connectivity index (χ0n) is 9.39. The van der Waals surface area contributed by atoms with Crippen LogP contribution in [0, 0.1) is 5.92 Å². The lowest BCUT2D eigenvalue weighted by molar-refractivity contribution is 0.111. The molecule has 0 fully saturated rings. The molecule has 6 heteroatoms. The van der Waals surface area contributed by atoms with Gasteiger partial charge in [0.25, 0.3) is 0 Å². The van der Waals surface area contributed by atoms with Crippen molar-refractivity contribution in [3.05, 3.63) is 0 Å². The Labute approximate surface area is 98.0 Å². The van der Waals surface area contributed by atoms with Crippen molar-refractivity contribution in [2.75, 3.05) is 30.5 Å². The monoisotopic (exact) mass is 258 g/mol. The molecule has 15 heavy (non-hydrogen) atoms. The summed E-state index contributed by atoms with van der Waals surface area (Å²) in [6.45, 7) is 5.77. The predicted octanol–water partition coefficient (Wildman–Crippen LogP) is 3.01. The molecule has 0 aliphatic carbocycles. The van der Waals surface area contributed by atoms with Crippen LogP contribution in [0.25, 0.3) is 0 Å². The van der Waals surface area contributed by atoms with Crippen LogP contribution in [-0.4, -0.2) is 44.1 Å². The Hall–Kier alpha value is 0.540. The third kappa shape index (κ3) is 14.5. The lowest BCUT2D eigenvalue weighted by Crippen LogP contribution is -2.05. The number of rotatable bonds is 9. The van der Waals surface area contributed by atoms with Gasteiger partial charge in [0.05, 0.1) is 16.6 Å². The summed E-state index contributed by atoms with van der Waals surface area (Å²) in [4.78, 5) is 0. The zero-order valence-corrected chi connectivity index (χ0v) is 11.0. The van der Waals surface area contributed by atoms with Gasteiger partial charge in [-0.15, -0.1) is 0 Å². The van der Waals surface area contributed by atoms with Crippen LogP contribution in [0.2, 0.25) is 0 Å². The molecule has 0 saturated carbocycles. The van der Waals surface area contributed by atoms with E-state index in [2.05, 4.69) is 13.8 Å². The number of hydrogen-bond donors (Lipinski definition) is 3. The fourth-order valence-corrected chi connectivity index (χ4v) is 2.75. The van der Waals surface area contributed by atoms with Crippen LogP contribution in [0.5, 0.6) is 0 Å². The van der Waals surface area contributed by atoms with Gasteiger partial charge in [0.1, 0.15) is 0 Å². The molecule has 0 rings (SSSR count). The quantitative estimate of drug-likeness (QED) is 0.555. The zero-order chi connectivity index (χ0) is 11.7. The normalized spacial score (nSPS) is 13.5. The summed E-state index contributed by atoms with van der Waals surface area (Å²) in [6, 6.07) is 0. The summed E-state index contributed by atoms with van der Waals surface area (Å²) in [5.74, 6) is 2.13. The highest BCUT2D eigenvalue weighted by atomic mass is 32.3. The maximum absolute atomic E-state index is 8.68. The average molecular weight is 258 g/mol. The first-order valence-electron chi connectivity index (χ1n) is 5.05. The minimum absolute atomic E-state index is 0.0600. The van der Waals surface area contributed by atoms with E-state index in [-0.39, 0.29) is 5.75 Å². The van der Waals surface area contributed by atoms with Crippen molar-refractivity contribution in [1.82, 2.24) is 0 Å². The minimum Gasteiger partial charge on any atom is -0.381 e. The molecule has 0 aliphatic heterocycles. The molecule has 0 saturated heterocycles. The molecule has 0 aliphatic rings. The molecule has 0 aromatic rings. The van der Waals surface area contributed by atoms with Crippen LogP contribution in [0.4, 0.5) is 0 Å². The first-order chi connectivity index (χ1) is 6.92. The van der Waals surface area contributed by atoms with Gasteiger partial charge in [-0.1, -0.05) is 13.8 Å². The van der Waals surface area contributed by atoms with Gasteiger partial charge < -0.3 is 18.4 Å². The second kappa shape index (κ2) is 8.66. The molecule has 0 unspecified atom stereocenters. The van der Waals surface area contributed by atoms with Crippen molar-refractivity contribution in [2.45, 2.75) is 20.3 Å². The van der Waals surface area contributed by atoms with Crippen molar-refractivity contribution in [3.63, 3.8) is 0 Å². The highest BCUT2D eigenvalue weighted by Crippen LogP contribution is 2.32. The highest BCUT2D eigenvalue weighted by Gasteiger charge is 2.09. The van der Waals surface area contributed by atoms with E-state index in [1.807, 2.05) is 0 Å². The molecule has 0 radical (unpaired) electrons. The predicted molar refractivity (Wildman–Crippen MR) is 67.9 cm³/mol. The van der Waals surface area contributed by atoms with Gasteiger partial charge in [0.2, 0.25) is 0 Å². The summed E-state index contributed by atoms with van der Waals surface area (Å²) >= 11 is 1.60. The third-order valence-corrected chi connectivity index (χ3v) is 3.61. The summed E-state index contributed by atoms with van der Waals surface area (Å²) < 4.78 is 31.4. The fourth-order valence-electron chi connectivity index (χ4n) is 0.855. The Bertz CT molecular complexity index is 148. The van der Waals surface area contributed by atoms with Crippen LogP contribution in [0.3, 0.4) is 0 Å². The standard InChI is InChI=1S/C9H22O4S2/c1-9(2)8-13-4-3-5-14-6-7-15(10,11)12/h9-12H,3-8H2,1-2H3. The van der Waals surface area contributed by atoms with E-state index < -0.39 is 10.9 Å². The fraction of sp³-hybridized carbons (Fsp3) is 1.00. The first kappa shape index (κ1) is 15.5. The number of thioether (sulfide) groups is 1. The molecule has 0 aromatic heterocycles. The van der Waals surface area contributed by atoms with E-state index in [1.165, 1.54) is 0 Å². The van der Waals surface area contributed by atoms with Crippen LogP contribution in [-0.2, 0) is 4.74 Å². The van der Waals surface area contributed by atoms with Crippen molar-refractivity contribution >= 4 is 22.6 Å². The lowest BCUT2D eigenvalue weighted by Gasteiger charge is -2.18. The Morgan fingerprint density at radius 1 is 1.20 bits per heavy atom. The van der Waals surface area contributed by atoms with Crippen molar-refractivity contribution in [3.8, 4) is 0 Å². The molecular weight excluding hydrogens is 236 g/mol. The molecule has 94 valence electrons. The van der Waals surface area contributed by atoms with E-state index in [9.17, 15) is 0 Å². The van der Waals surface area contributed by atoms with Crippen LogP contribution >= 0.6 is 22.6 Å². The van der Waals surface area contributed by atoms with E-state index in [4.69, 9.17) is 18.4 Å².